The number of rotatable bonds is 5. The van der Waals surface area contributed by atoms with E-state index in [0.29, 0.717) is 23.0 Å². The van der Waals surface area contributed by atoms with E-state index in [2.05, 4.69) is 22.7 Å². The summed E-state index contributed by atoms with van der Waals surface area (Å²) in [6, 6.07) is 7.95. The van der Waals surface area contributed by atoms with Crippen molar-refractivity contribution in [3.05, 3.63) is 42.1 Å². The molecule has 1 atom stereocenters. The smallest absolute Gasteiger partial charge is 0.316 e. The van der Waals surface area contributed by atoms with Crippen LogP contribution >= 0.6 is 0 Å². The van der Waals surface area contributed by atoms with Crippen LogP contribution in [-0.4, -0.2) is 21.7 Å². The Morgan fingerprint density at radius 3 is 2.52 bits per heavy atom. The highest BCUT2D eigenvalue weighted by Gasteiger charge is 2.30. The highest BCUT2D eigenvalue weighted by molar-refractivity contribution is 6.04. The number of carbonyl (C=O) groups is 2. The number of primary amides is 1. The summed E-state index contributed by atoms with van der Waals surface area (Å²) in [4.78, 5) is 23.1. The van der Waals surface area contributed by atoms with Gasteiger partial charge in [-0.2, -0.15) is 5.10 Å². The number of anilines is 2. The summed E-state index contributed by atoms with van der Waals surface area (Å²) in [6.07, 6.45) is 4.11. The van der Waals surface area contributed by atoms with Gasteiger partial charge in [-0.25, -0.2) is 9.48 Å². The summed E-state index contributed by atoms with van der Waals surface area (Å²) in [5.41, 5.74) is 6.08. The van der Waals surface area contributed by atoms with Gasteiger partial charge in [-0.15, -0.1) is 0 Å². The van der Waals surface area contributed by atoms with E-state index in [1.54, 1.807) is 36.5 Å². The molecule has 0 radical (unpaired) electrons. The molecule has 0 bridgehead atoms. The van der Waals surface area contributed by atoms with Crippen molar-refractivity contribution in [1.29, 1.82) is 0 Å². The lowest BCUT2D eigenvalue weighted by Gasteiger charge is -2.15. The van der Waals surface area contributed by atoms with Crippen LogP contribution in [0.3, 0.4) is 0 Å². The van der Waals surface area contributed by atoms with E-state index in [4.69, 9.17) is 5.73 Å². The highest BCUT2D eigenvalue weighted by Crippen LogP contribution is 2.40. The Balaban J connectivity index is 1.69. The molecule has 3 amide bonds. The Bertz CT molecular complexity index is 718. The molecule has 1 heterocycles. The first-order valence-electron chi connectivity index (χ1n) is 7.56. The van der Waals surface area contributed by atoms with Crippen LogP contribution in [0.1, 0.15) is 36.2 Å². The van der Waals surface area contributed by atoms with Crippen LogP contribution in [-0.2, 0) is 0 Å². The van der Waals surface area contributed by atoms with E-state index in [9.17, 15) is 9.59 Å². The summed E-state index contributed by atoms with van der Waals surface area (Å²) < 4.78 is 1.86. The zero-order valence-corrected chi connectivity index (χ0v) is 12.8. The third kappa shape index (κ3) is 3.50. The Kier molecular flexibility index (Phi) is 4.01. The topological polar surface area (TPSA) is 102 Å². The van der Waals surface area contributed by atoms with Crippen LogP contribution < -0.4 is 16.4 Å². The molecule has 7 nitrogen and oxygen atoms in total. The number of carbonyl (C=O) groups excluding carboxylic acids is 2. The minimum Gasteiger partial charge on any atom is -0.351 e. The second-order valence-corrected chi connectivity index (χ2v) is 5.76. The van der Waals surface area contributed by atoms with Gasteiger partial charge in [0, 0.05) is 17.3 Å². The molecule has 1 aromatic carbocycles. The first kappa shape index (κ1) is 15.1. The predicted octanol–water partition coefficient (Wildman–Crippen LogP) is 2.60. The van der Waals surface area contributed by atoms with E-state index in [-0.39, 0.29) is 11.9 Å². The largest absolute Gasteiger partial charge is 0.351 e. The lowest BCUT2D eigenvalue weighted by atomic mass is 10.2. The van der Waals surface area contributed by atoms with Crippen molar-refractivity contribution in [2.75, 3.05) is 10.6 Å². The molecule has 3 rings (SSSR count). The van der Waals surface area contributed by atoms with Gasteiger partial charge < -0.3 is 16.4 Å². The van der Waals surface area contributed by atoms with Crippen LogP contribution in [0.4, 0.5) is 16.3 Å². The number of nitrogens with one attached hydrogen (secondary N) is 2. The first-order chi connectivity index (χ1) is 11.0. The standard InChI is InChI=1S/C16H19N5O2/c1-10(11-2-3-11)21-14(8-9-18-21)20-15(22)12-4-6-13(7-5-12)19-16(17)23/h4-11H,2-3H2,1H3,(H,20,22)(H3,17,19,23). The second kappa shape index (κ2) is 6.12. The van der Waals surface area contributed by atoms with Gasteiger partial charge in [-0.3, -0.25) is 4.79 Å². The first-order valence-corrected chi connectivity index (χ1v) is 7.56. The van der Waals surface area contributed by atoms with Crippen LogP contribution in [0, 0.1) is 5.92 Å². The molecule has 0 spiro atoms. The molecule has 4 N–H and O–H groups in total. The van der Waals surface area contributed by atoms with Crippen LogP contribution in [0.15, 0.2) is 36.5 Å². The number of hydrogen-bond donors (Lipinski definition) is 3. The minimum absolute atomic E-state index is 0.222. The molecule has 23 heavy (non-hydrogen) atoms. The summed E-state index contributed by atoms with van der Waals surface area (Å²) in [5, 5.41) is 9.64. The molecule has 0 aliphatic heterocycles. The van der Waals surface area contributed by atoms with Crippen molar-refractivity contribution >= 4 is 23.4 Å². The van der Waals surface area contributed by atoms with E-state index in [1.165, 1.54) is 12.8 Å². The summed E-state index contributed by atoms with van der Waals surface area (Å²) in [7, 11) is 0. The van der Waals surface area contributed by atoms with Crippen LogP contribution in [0.5, 0.6) is 0 Å². The molecule has 1 aliphatic carbocycles. The van der Waals surface area contributed by atoms with Crippen molar-refractivity contribution in [3.63, 3.8) is 0 Å². The molecule has 0 saturated heterocycles. The molecule has 1 saturated carbocycles. The molecule has 1 unspecified atom stereocenters. The van der Waals surface area contributed by atoms with Gasteiger partial charge >= 0.3 is 6.03 Å². The number of aromatic nitrogens is 2. The number of urea groups is 1. The second-order valence-electron chi connectivity index (χ2n) is 5.76. The summed E-state index contributed by atoms with van der Waals surface area (Å²) in [5.74, 6) is 1.11. The summed E-state index contributed by atoms with van der Waals surface area (Å²) in [6.45, 7) is 2.12. The van der Waals surface area contributed by atoms with Crippen molar-refractivity contribution in [2.45, 2.75) is 25.8 Å². The number of nitrogens with zero attached hydrogens (tertiary/aromatic N) is 2. The van der Waals surface area contributed by atoms with Gasteiger partial charge in [-0.1, -0.05) is 0 Å². The van der Waals surface area contributed by atoms with Crippen molar-refractivity contribution < 1.29 is 9.59 Å². The highest BCUT2D eigenvalue weighted by atomic mass is 16.2. The van der Waals surface area contributed by atoms with Crippen LogP contribution in [0.2, 0.25) is 0 Å². The lowest BCUT2D eigenvalue weighted by molar-refractivity contribution is 0.102. The van der Waals surface area contributed by atoms with E-state index in [0.717, 1.165) is 0 Å². The molecular weight excluding hydrogens is 294 g/mol. The third-order valence-electron chi connectivity index (χ3n) is 4.02. The van der Waals surface area contributed by atoms with E-state index in [1.807, 2.05) is 4.68 Å². The van der Waals surface area contributed by atoms with Crippen LogP contribution in [0.25, 0.3) is 0 Å². The average Bonchev–Trinajstić information content (AvgIpc) is 3.27. The normalized spacial score (nSPS) is 15.0. The number of hydrogen-bond acceptors (Lipinski definition) is 3. The molecule has 120 valence electrons. The van der Waals surface area contributed by atoms with Crippen molar-refractivity contribution in [1.82, 2.24) is 9.78 Å². The molecule has 1 fully saturated rings. The van der Waals surface area contributed by atoms with Gasteiger partial charge in [-0.05, 0) is 49.9 Å². The maximum absolute atomic E-state index is 12.3. The van der Waals surface area contributed by atoms with E-state index < -0.39 is 6.03 Å². The SMILES string of the molecule is CC(C1CC1)n1nccc1NC(=O)c1ccc(NC(N)=O)cc1. The van der Waals surface area contributed by atoms with Gasteiger partial charge in [0.05, 0.1) is 12.2 Å². The average molecular weight is 313 g/mol. The zero-order chi connectivity index (χ0) is 16.4. The maximum atomic E-state index is 12.3. The quantitative estimate of drug-likeness (QED) is 0.790. The van der Waals surface area contributed by atoms with E-state index >= 15 is 0 Å². The zero-order valence-electron chi connectivity index (χ0n) is 12.8. The lowest BCUT2D eigenvalue weighted by Crippen LogP contribution is -2.20. The Morgan fingerprint density at radius 2 is 1.91 bits per heavy atom. The fourth-order valence-electron chi connectivity index (χ4n) is 2.55. The minimum atomic E-state index is -0.639. The number of nitrogens with two attached hydrogens (primary N) is 1. The van der Waals surface area contributed by atoms with Gasteiger partial charge in [0.25, 0.3) is 5.91 Å². The maximum Gasteiger partial charge on any atom is 0.316 e. The van der Waals surface area contributed by atoms with Crippen molar-refractivity contribution in [3.8, 4) is 0 Å². The molecule has 7 heteroatoms. The fraction of sp³-hybridized carbons (Fsp3) is 0.312. The molecule has 1 aromatic heterocycles. The Labute approximate surface area is 133 Å². The monoisotopic (exact) mass is 313 g/mol. The van der Waals surface area contributed by atoms with Gasteiger partial charge in [0.15, 0.2) is 0 Å². The molecular formula is C16H19N5O2. The Morgan fingerprint density at radius 1 is 1.22 bits per heavy atom. The van der Waals surface area contributed by atoms with Gasteiger partial charge in [0.1, 0.15) is 5.82 Å². The number of amides is 3. The number of benzene rings is 1. The predicted molar refractivity (Wildman–Crippen MR) is 87.3 cm³/mol. The van der Waals surface area contributed by atoms with Crippen molar-refractivity contribution in [2.24, 2.45) is 11.7 Å². The molecule has 2 aromatic rings. The molecule has 1 aliphatic rings. The van der Waals surface area contributed by atoms with Gasteiger partial charge in [0.2, 0.25) is 0 Å². The fourth-order valence-corrected chi connectivity index (χ4v) is 2.55. The third-order valence-corrected chi connectivity index (χ3v) is 4.02. The Hall–Kier alpha value is -2.83. The summed E-state index contributed by atoms with van der Waals surface area (Å²) >= 11 is 0.